The zero-order valence-corrected chi connectivity index (χ0v) is 13.1. The lowest BCUT2D eigenvalue weighted by molar-refractivity contribution is -0.0245. The average Bonchev–Trinajstić information content (AvgIpc) is 2.44. The maximum absolute atomic E-state index is 12.1. The second-order valence-electron chi connectivity index (χ2n) is 6.81. The van der Waals surface area contributed by atoms with Crippen LogP contribution in [0.5, 0.6) is 0 Å². The van der Waals surface area contributed by atoms with Gasteiger partial charge in [-0.2, -0.15) is 0 Å². The van der Waals surface area contributed by atoms with Crippen molar-refractivity contribution in [2.24, 2.45) is 11.3 Å². The number of carbonyl (C=O) groups excluding carboxylic acids is 1. The number of hydrogen-bond donors (Lipinski definition) is 1. The summed E-state index contributed by atoms with van der Waals surface area (Å²) >= 11 is 0. The van der Waals surface area contributed by atoms with Gasteiger partial charge in [0.1, 0.15) is 6.61 Å². The van der Waals surface area contributed by atoms with Crippen molar-refractivity contribution < 1.29 is 14.6 Å². The van der Waals surface area contributed by atoms with Crippen LogP contribution >= 0.6 is 0 Å². The molecule has 0 radical (unpaired) electrons. The molecule has 4 nitrogen and oxygen atoms in total. The number of carbonyl (C=O) groups is 1. The van der Waals surface area contributed by atoms with Gasteiger partial charge in [0.15, 0.2) is 0 Å². The van der Waals surface area contributed by atoms with Crippen LogP contribution in [0, 0.1) is 11.3 Å². The number of benzene rings is 1. The topological polar surface area (TPSA) is 49.8 Å². The molecule has 0 aromatic heterocycles. The van der Waals surface area contributed by atoms with Gasteiger partial charge in [-0.3, -0.25) is 0 Å². The lowest BCUT2D eigenvalue weighted by atomic mass is 9.74. The highest BCUT2D eigenvalue weighted by molar-refractivity contribution is 5.67. The Morgan fingerprint density at radius 2 is 2.00 bits per heavy atom. The van der Waals surface area contributed by atoms with Crippen LogP contribution in [0.3, 0.4) is 0 Å². The molecule has 1 saturated heterocycles. The number of aliphatic hydroxyl groups excluding tert-OH is 1. The van der Waals surface area contributed by atoms with Crippen molar-refractivity contribution in [3.05, 3.63) is 35.9 Å². The Bertz CT molecular complexity index is 467. The van der Waals surface area contributed by atoms with Crippen molar-refractivity contribution >= 4 is 6.09 Å². The molecule has 4 heteroatoms. The van der Waals surface area contributed by atoms with Crippen molar-refractivity contribution in [3.8, 4) is 0 Å². The number of ether oxygens (including phenoxy) is 1. The average molecular weight is 291 g/mol. The zero-order chi connectivity index (χ0) is 15.5. The first-order valence-electron chi connectivity index (χ1n) is 7.51. The largest absolute Gasteiger partial charge is 0.445 e. The van der Waals surface area contributed by atoms with E-state index >= 15 is 0 Å². The Morgan fingerprint density at radius 3 is 2.57 bits per heavy atom. The van der Waals surface area contributed by atoms with Gasteiger partial charge in [-0.15, -0.1) is 0 Å². The quantitative estimate of drug-likeness (QED) is 0.911. The second kappa shape index (κ2) is 6.48. The van der Waals surface area contributed by atoms with Crippen LogP contribution in [0.15, 0.2) is 30.3 Å². The maximum atomic E-state index is 12.1. The summed E-state index contributed by atoms with van der Waals surface area (Å²) in [6, 6.07) is 9.62. The van der Waals surface area contributed by atoms with E-state index in [0.717, 1.165) is 12.0 Å². The van der Waals surface area contributed by atoms with E-state index in [1.54, 1.807) is 4.90 Å². The lowest BCUT2D eigenvalue weighted by Crippen LogP contribution is -2.50. The van der Waals surface area contributed by atoms with Gasteiger partial charge in [0.2, 0.25) is 0 Å². The van der Waals surface area contributed by atoms with E-state index in [4.69, 9.17) is 4.74 Å². The van der Waals surface area contributed by atoms with Crippen molar-refractivity contribution in [2.75, 3.05) is 13.1 Å². The molecule has 0 bridgehead atoms. The summed E-state index contributed by atoms with van der Waals surface area (Å²) in [5, 5.41) is 10.3. The van der Waals surface area contributed by atoms with Gasteiger partial charge in [0.05, 0.1) is 12.6 Å². The minimum absolute atomic E-state index is 0.0550. The number of nitrogens with zero attached hydrogens (tertiary/aromatic N) is 1. The number of amides is 1. The van der Waals surface area contributed by atoms with Gasteiger partial charge in [0.25, 0.3) is 0 Å². The summed E-state index contributed by atoms with van der Waals surface area (Å²) in [6.07, 6.45) is -0.0150. The maximum Gasteiger partial charge on any atom is 0.410 e. The van der Waals surface area contributed by atoms with Crippen molar-refractivity contribution in [1.29, 1.82) is 0 Å². The molecule has 1 fully saturated rings. The number of likely N-dealkylation sites (tertiary alicyclic amines) is 1. The van der Waals surface area contributed by atoms with Gasteiger partial charge >= 0.3 is 6.09 Å². The molecule has 2 rings (SSSR count). The molecule has 0 aliphatic carbocycles. The van der Waals surface area contributed by atoms with Crippen molar-refractivity contribution in [1.82, 2.24) is 4.90 Å². The SMILES string of the molecule is CC(C)(C)[C@@H]1CCN(C(=O)OCc2ccccc2)C[C@H]1O. The molecule has 0 unspecified atom stereocenters. The standard InChI is InChI=1S/C17H25NO3/c1-17(2,3)14-9-10-18(11-15(14)19)16(20)21-12-13-7-5-4-6-8-13/h4-8,14-15,19H,9-12H2,1-3H3/t14-,15-/m1/s1. The molecule has 21 heavy (non-hydrogen) atoms. The number of hydrogen-bond acceptors (Lipinski definition) is 3. The molecular formula is C17H25NO3. The summed E-state index contributed by atoms with van der Waals surface area (Å²) in [6.45, 7) is 7.66. The normalized spacial score (nSPS) is 23.0. The molecule has 1 heterocycles. The fraction of sp³-hybridized carbons (Fsp3) is 0.588. The first kappa shape index (κ1) is 15.8. The Labute approximate surface area is 126 Å². The fourth-order valence-electron chi connectivity index (χ4n) is 2.92. The third-order valence-electron chi connectivity index (χ3n) is 4.16. The molecule has 1 aromatic carbocycles. The summed E-state index contributed by atoms with van der Waals surface area (Å²) in [7, 11) is 0. The van der Waals surface area contributed by atoms with E-state index in [1.165, 1.54) is 0 Å². The van der Waals surface area contributed by atoms with Crippen LogP contribution in [0.25, 0.3) is 0 Å². The molecule has 1 aliphatic heterocycles. The van der Waals surface area contributed by atoms with Gasteiger partial charge < -0.3 is 14.7 Å². The number of aliphatic hydroxyl groups is 1. The Morgan fingerprint density at radius 1 is 1.33 bits per heavy atom. The lowest BCUT2D eigenvalue weighted by Gasteiger charge is -2.41. The van der Waals surface area contributed by atoms with Crippen LogP contribution in [0.4, 0.5) is 4.79 Å². The van der Waals surface area contributed by atoms with E-state index < -0.39 is 6.10 Å². The molecule has 1 aromatic rings. The first-order valence-corrected chi connectivity index (χ1v) is 7.51. The Hall–Kier alpha value is -1.55. The molecular weight excluding hydrogens is 266 g/mol. The highest BCUT2D eigenvalue weighted by Gasteiger charge is 2.37. The molecule has 116 valence electrons. The third-order valence-corrected chi connectivity index (χ3v) is 4.16. The second-order valence-corrected chi connectivity index (χ2v) is 6.81. The molecule has 1 N–H and O–H groups in total. The van der Waals surface area contributed by atoms with Crippen LogP contribution in [-0.2, 0) is 11.3 Å². The first-order chi connectivity index (χ1) is 9.88. The van der Waals surface area contributed by atoms with E-state index in [1.807, 2.05) is 30.3 Å². The molecule has 1 amide bonds. The highest BCUT2D eigenvalue weighted by atomic mass is 16.6. The Kier molecular flexibility index (Phi) is 4.88. The fourth-order valence-corrected chi connectivity index (χ4v) is 2.92. The van der Waals surface area contributed by atoms with Crippen LogP contribution in [0.2, 0.25) is 0 Å². The van der Waals surface area contributed by atoms with Gasteiger partial charge in [-0.1, -0.05) is 51.1 Å². The van der Waals surface area contributed by atoms with Crippen molar-refractivity contribution in [2.45, 2.75) is 39.9 Å². The van der Waals surface area contributed by atoms with Crippen LogP contribution < -0.4 is 0 Å². The monoisotopic (exact) mass is 291 g/mol. The van der Waals surface area contributed by atoms with E-state index in [9.17, 15) is 9.90 Å². The predicted octanol–water partition coefficient (Wildman–Crippen LogP) is 3.05. The Balaban J connectivity index is 1.85. The molecule has 0 spiro atoms. The molecule has 2 atom stereocenters. The zero-order valence-electron chi connectivity index (χ0n) is 13.1. The van der Waals surface area contributed by atoms with Crippen LogP contribution in [-0.4, -0.2) is 35.3 Å². The van der Waals surface area contributed by atoms with Gasteiger partial charge in [0, 0.05) is 6.54 Å². The summed E-state index contributed by atoms with van der Waals surface area (Å²) in [5.41, 5.74) is 1.02. The van der Waals surface area contributed by atoms with E-state index in [0.29, 0.717) is 13.1 Å². The van der Waals surface area contributed by atoms with Gasteiger partial charge in [-0.25, -0.2) is 4.79 Å². The molecule has 1 aliphatic rings. The predicted molar refractivity (Wildman–Crippen MR) is 81.8 cm³/mol. The van der Waals surface area contributed by atoms with E-state index in [2.05, 4.69) is 20.8 Å². The number of β-amino-alcohol motifs (C(OH)–C–C–N with tert-alkyl or cyclic N) is 1. The number of piperidine rings is 1. The molecule has 0 saturated carbocycles. The minimum Gasteiger partial charge on any atom is -0.445 e. The minimum atomic E-state index is -0.483. The number of rotatable bonds is 2. The smallest absolute Gasteiger partial charge is 0.410 e. The highest BCUT2D eigenvalue weighted by Crippen LogP contribution is 2.34. The van der Waals surface area contributed by atoms with Crippen molar-refractivity contribution in [3.63, 3.8) is 0 Å². The van der Waals surface area contributed by atoms with Gasteiger partial charge in [-0.05, 0) is 23.3 Å². The summed E-state index contributed by atoms with van der Waals surface area (Å²) in [5.74, 6) is 0.218. The summed E-state index contributed by atoms with van der Waals surface area (Å²) in [4.78, 5) is 13.7. The van der Waals surface area contributed by atoms with Crippen LogP contribution in [0.1, 0.15) is 32.8 Å². The summed E-state index contributed by atoms with van der Waals surface area (Å²) < 4.78 is 5.31. The third kappa shape index (κ3) is 4.21. The van der Waals surface area contributed by atoms with E-state index in [-0.39, 0.29) is 24.0 Å².